The molecule has 0 bridgehead atoms. The Kier molecular flexibility index (Phi) is 6.33. The van der Waals surface area contributed by atoms with Crippen LogP contribution in [-0.4, -0.2) is 0 Å². The van der Waals surface area contributed by atoms with E-state index in [1.165, 1.54) is 33.4 Å². The van der Waals surface area contributed by atoms with Gasteiger partial charge >= 0.3 is 0 Å². The molecular formula is C32H34. The molecule has 0 unspecified atom stereocenters. The first-order valence-corrected chi connectivity index (χ1v) is 11.6. The second kappa shape index (κ2) is 9.17. The van der Waals surface area contributed by atoms with E-state index in [1.807, 2.05) is 0 Å². The Bertz CT molecular complexity index is 1020. The van der Waals surface area contributed by atoms with Crippen LogP contribution in [0.4, 0.5) is 0 Å². The highest BCUT2D eigenvalue weighted by molar-refractivity contribution is 5.40. The summed E-state index contributed by atoms with van der Waals surface area (Å²) in [7, 11) is 0. The predicted molar refractivity (Wildman–Crippen MR) is 137 cm³/mol. The lowest BCUT2D eigenvalue weighted by atomic mass is 9.61. The standard InChI is InChI=1S/C32H34/c1-31(2,29-19-15-27(16-20-29)23-25-11-7-5-8-12-25)32(3,4)30-21-17-28(18-22-30)24-26-13-9-6-10-14-26/h5-22H,23-24H2,1-4H3. The van der Waals surface area contributed by atoms with Gasteiger partial charge in [-0.2, -0.15) is 0 Å². The third-order valence-electron chi connectivity index (χ3n) is 7.42. The zero-order valence-electron chi connectivity index (χ0n) is 19.8. The summed E-state index contributed by atoms with van der Waals surface area (Å²) in [6, 6.07) is 39.9. The highest BCUT2D eigenvalue weighted by Crippen LogP contribution is 2.43. The lowest BCUT2D eigenvalue weighted by molar-refractivity contribution is 0.303. The molecule has 0 aliphatic carbocycles. The fraction of sp³-hybridized carbons (Fsp3) is 0.250. The molecule has 0 fully saturated rings. The third kappa shape index (κ3) is 4.70. The summed E-state index contributed by atoms with van der Waals surface area (Å²) in [5.41, 5.74) is 8.20. The predicted octanol–water partition coefficient (Wildman–Crippen LogP) is 8.12. The van der Waals surface area contributed by atoms with E-state index in [0.717, 1.165) is 12.8 Å². The average molecular weight is 419 g/mol. The lowest BCUT2D eigenvalue weighted by Gasteiger charge is -2.43. The van der Waals surface area contributed by atoms with Crippen molar-refractivity contribution < 1.29 is 0 Å². The quantitative estimate of drug-likeness (QED) is 0.284. The van der Waals surface area contributed by atoms with Crippen molar-refractivity contribution in [1.82, 2.24) is 0 Å². The van der Waals surface area contributed by atoms with Crippen LogP contribution >= 0.6 is 0 Å². The van der Waals surface area contributed by atoms with Crippen LogP contribution in [0.3, 0.4) is 0 Å². The summed E-state index contributed by atoms with van der Waals surface area (Å²) < 4.78 is 0. The van der Waals surface area contributed by atoms with E-state index < -0.39 is 0 Å². The van der Waals surface area contributed by atoms with Gasteiger partial charge in [0.05, 0.1) is 0 Å². The van der Waals surface area contributed by atoms with Crippen LogP contribution in [0.25, 0.3) is 0 Å². The SMILES string of the molecule is CC(C)(c1ccc(Cc2ccccc2)cc1)C(C)(C)c1ccc(Cc2ccccc2)cc1. The molecule has 0 N–H and O–H groups in total. The molecule has 0 heteroatoms. The first-order valence-electron chi connectivity index (χ1n) is 11.6. The monoisotopic (exact) mass is 418 g/mol. The van der Waals surface area contributed by atoms with Gasteiger partial charge in [-0.15, -0.1) is 0 Å². The maximum absolute atomic E-state index is 2.37. The third-order valence-corrected chi connectivity index (χ3v) is 7.42. The molecular weight excluding hydrogens is 384 g/mol. The van der Waals surface area contributed by atoms with Crippen LogP contribution in [0, 0.1) is 0 Å². The van der Waals surface area contributed by atoms with Gasteiger partial charge in [-0.25, -0.2) is 0 Å². The van der Waals surface area contributed by atoms with Crippen molar-refractivity contribution >= 4 is 0 Å². The number of hydrogen-bond donors (Lipinski definition) is 0. The van der Waals surface area contributed by atoms with Gasteiger partial charge in [0.15, 0.2) is 0 Å². The molecule has 0 heterocycles. The minimum Gasteiger partial charge on any atom is -0.0622 e. The van der Waals surface area contributed by atoms with Crippen LogP contribution in [0.1, 0.15) is 61.1 Å². The van der Waals surface area contributed by atoms with Crippen molar-refractivity contribution in [2.75, 3.05) is 0 Å². The minimum absolute atomic E-state index is 0.000770. The van der Waals surface area contributed by atoms with Crippen molar-refractivity contribution in [2.45, 2.75) is 51.4 Å². The molecule has 4 aromatic carbocycles. The summed E-state index contributed by atoms with van der Waals surface area (Å²) >= 11 is 0. The van der Waals surface area contributed by atoms with Crippen LogP contribution in [-0.2, 0) is 23.7 Å². The van der Waals surface area contributed by atoms with E-state index in [0.29, 0.717) is 0 Å². The van der Waals surface area contributed by atoms with E-state index in [-0.39, 0.29) is 10.8 Å². The van der Waals surface area contributed by atoms with Gasteiger partial charge in [-0.05, 0) is 57.1 Å². The summed E-state index contributed by atoms with van der Waals surface area (Å²) in [5, 5.41) is 0. The zero-order chi connectivity index (χ0) is 22.6. The van der Waals surface area contributed by atoms with Crippen molar-refractivity contribution in [1.29, 1.82) is 0 Å². The van der Waals surface area contributed by atoms with Gasteiger partial charge in [0.25, 0.3) is 0 Å². The van der Waals surface area contributed by atoms with Gasteiger partial charge in [0, 0.05) is 0 Å². The molecule has 0 aromatic heterocycles. The van der Waals surface area contributed by atoms with E-state index in [2.05, 4.69) is 137 Å². The molecule has 0 amide bonds. The summed E-state index contributed by atoms with van der Waals surface area (Å²) in [6.45, 7) is 9.49. The van der Waals surface area contributed by atoms with Crippen molar-refractivity contribution in [2.24, 2.45) is 0 Å². The summed E-state index contributed by atoms with van der Waals surface area (Å²) in [5.74, 6) is 0. The van der Waals surface area contributed by atoms with Gasteiger partial charge in [0.2, 0.25) is 0 Å². The Morgan fingerprint density at radius 1 is 0.375 bits per heavy atom. The Hall–Kier alpha value is -3.12. The first kappa shape index (κ1) is 22.1. The molecule has 32 heavy (non-hydrogen) atoms. The second-order valence-corrected chi connectivity index (χ2v) is 9.97. The highest BCUT2D eigenvalue weighted by atomic mass is 14.4. The topological polar surface area (TPSA) is 0 Å². The fourth-order valence-electron chi connectivity index (χ4n) is 4.46. The molecule has 0 spiro atoms. The molecule has 0 aliphatic heterocycles. The maximum atomic E-state index is 2.37. The minimum atomic E-state index is -0.000770. The van der Waals surface area contributed by atoms with E-state index in [1.54, 1.807) is 0 Å². The molecule has 0 aliphatic rings. The Morgan fingerprint density at radius 2 is 0.656 bits per heavy atom. The largest absolute Gasteiger partial charge is 0.0622 e. The van der Waals surface area contributed by atoms with Crippen molar-refractivity contribution in [3.05, 3.63) is 143 Å². The molecule has 0 saturated carbocycles. The van der Waals surface area contributed by atoms with Crippen LogP contribution in [0.15, 0.2) is 109 Å². The maximum Gasteiger partial charge on any atom is -0.00120 e. The normalized spacial score (nSPS) is 12.0. The van der Waals surface area contributed by atoms with Gasteiger partial charge in [-0.3, -0.25) is 0 Å². The lowest BCUT2D eigenvalue weighted by Crippen LogP contribution is -2.40. The fourth-order valence-corrected chi connectivity index (χ4v) is 4.46. The molecule has 162 valence electrons. The Labute approximate surface area is 194 Å². The average Bonchev–Trinajstić information content (AvgIpc) is 2.81. The Morgan fingerprint density at radius 3 is 0.969 bits per heavy atom. The van der Waals surface area contributed by atoms with E-state index in [9.17, 15) is 0 Å². The van der Waals surface area contributed by atoms with Crippen molar-refractivity contribution in [3.63, 3.8) is 0 Å². The molecule has 0 saturated heterocycles. The second-order valence-electron chi connectivity index (χ2n) is 9.97. The van der Waals surface area contributed by atoms with Gasteiger partial charge in [0.1, 0.15) is 0 Å². The van der Waals surface area contributed by atoms with Gasteiger partial charge < -0.3 is 0 Å². The van der Waals surface area contributed by atoms with E-state index in [4.69, 9.17) is 0 Å². The first-order chi connectivity index (χ1) is 15.4. The molecule has 0 radical (unpaired) electrons. The van der Waals surface area contributed by atoms with Crippen LogP contribution in [0.2, 0.25) is 0 Å². The van der Waals surface area contributed by atoms with Crippen molar-refractivity contribution in [3.8, 4) is 0 Å². The summed E-state index contributed by atoms with van der Waals surface area (Å²) in [6.07, 6.45) is 1.96. The number of hydrogen-bond acceptors (Lipinski definition) is 0. The highest BCUT2D eigenvalue weighted by Gasteiger charge is 2.39. The van der Waals surface area contributed by atoms with Gasteiger partial charge in [-0.1, -0.05) is 137 Å². The van der Waals surface area contributed by atoms with E-state index >= 15 is 0 Å². The van der Waals surface area contributed by atoms with Crippen LogP contribution < -0.4 is 0 Å². The zero-order valence-corrected chi connectivity index (χ0v) is 19.8. The number of rotatable bonds is 7. The molecule has 4 rings (SSSR count). The molecule has 0 atom stereocenters. The smallest absolute Gasteiger partial charge is 0.00120 e. The van der Waals surface area contributed by atoms with Crippen LogP contribution in [0.5, 0.6) is 0 Å². The number of benzene rings is 4. The Balaban J connectivity index is 1.51. The summed E-state index contributed by atoms with van der Waals surface area (Å²) in [4.78, 5) is 0. The molecule has 4 aromatic rings. The molecule has 0 nitrogen and oxygen atoms in total.